The quantitative estimate of drug-likeness (QED) is 0.558. The number of benzene rings is 2. The lowest BCUT2D eigenvalue weighted by Crippen LogP contribution is -1.89. The zero-order valence-corrected chi connectivity index (χ0v) is 13.8. The van der Waals surface area contributed by atoms with Crippen LogP contribution in [-0.2, 0) is 0 Å². The predicted molar refractivity (Wildman–Crippen MR) is 98.7 cm³/mol. The third kappa shape index (κ3) is 2.25. The Morgan fingerprint density at radius 1 is 1.12 bits per heavy atom. The molecule has 0 radical (unpaired) electrons. The van der Waals surface area contributed by atoms with Gasteiger partial charge in [-0.3, -0.25) is 0 Å². The second kappa shape index (κ2) is 5.52. The largest absolute Gasteiger partial charge is 0.390 e. The maximum atomic E-state index is 9.51. The summed E-state index contributed by atoms with van der Waals surface area (Å²) in [5.41, 5.74) is 11.9. The fraction of sp³-hybridized carbons (Fsp3) is 0.0526. The van der Waals surface area contributed by atoms with Crippen molar-refractivity contribution in [1.82, 2.24) is 9.97 Å². The molecule has 0 spiro atoms. The highest BCUT2D eigenvalue weighted by Crippen LogP contribution is 2.44. The minimum absolute atomic E-state index is 0.598. The van der Waals surface area contributed by atoms with Crippen LogP contribution >= 0.6 is 11.3 Å². The topological polar surface area (TPSA) is 78.5 Å². The third-order valence-electron chi connectivity index (χ3n) is 3.97. The second-order valence-electron chi connectivity index (χ2n) is 5.63. The molecule has 2 heterocycles. The normalized spacial score (nSPS) is 10.8. The molecule has 4 rings (SSSR count). The Morgan fingerprint density at radius 2 is 1.92 bits per heavy atom. The van der Waals surface area contributed by atoms with Gasteiger partial charge in [-0.2, -0.15) is 5.26 Å². The van der Waals surface area contributed by atoms with Crippen molar-refractivity contribution in [3.05, 3.63) is 59.0 Å². The molecule has 0 aliphatic carbocycles. The molecule has 0 saturated carbocycles. The predicted octanol–water partition coefficient (Wildman–Crippen LogP) is 4.72. The van der Waals surface area contributed by atoms with Crippen LogP contribution < -0.4 is 5.73 Å². The monoisotopic (exact) mass is 330 g/mol. The van der Waals surface area contributed by atoms with Gasteiger partial charge in [-0.15, -0.1) is 11.3 Å². The minimum Gasteiger partial charge on any atom is -0.390 e. The zero-order valence-electron chi connectivity index (χ0n) is 13.0. The highest BCUT2D eigenvalue weighted by Gasteiger charge is 2.21. The molecule has 0 fully saturated rings. The van der Waals surface area contributed by atoms with Gasteiger partial charge in [-0.25, -0.2) is 4.98 Å². The molecule has 0 aliphatic heterocycles. The van der Waals surface area contributed by atoms with Crippen LogP contribution in [0.15, 0.2) is 48.5 Å². The van der Waals surface area contributed by atoms with E-state index in [1.807, 2.05) is 49.4 Å². The highest BCUT2D eigenvalue weighted by atomic mass is 32.1. The number of nitrogens with one attached hydrogen (secondary N) is 1. The molecule has 0 amide bonds. The first-order valence-corrected chi connectivity index (χ1v) is 8.33. The lowest BCUT2D eigenvalue weighted by atomic mass is 10.0. The van der Waals surface area contributed by atoms with Crippen molar-refractivity contribution < 1.29 is 0 Å². The van der Waals surface area contributed by atoms with E-state index in [1.54, 1.807) is 0 Å². The number of hydrogen-bond donors (Lipinski definition) is 2. The molecule has 0 saturated heterocycles. The van der Waals surface area contributed by atoms with Gasteiger partial charge in [0.05, 0.1) is 21.6 Å². The van der Waals surface area contributed by atoms with E-state index in [2.05, 4.69) is 22.1 Å². The van der Waals surface area contributed by atoms with Crippen molar-refractivity contribution in [3.8, 4) is 28.6 Å². The summed E-state index contributed by atoms with van der Waals surface area (Å²) in [6.45, 7) is 2.04. The Kier molecular flexibility index (Phi) is 3.33. The van der Waals surface area contributed by atoms with Crippen LogP contribution in [0.3, 0.4) is 0 Å². The van der Waals surface area contributed by atoms with Crippen LogP contribution in [0.4, 0.5) is 5.00 Å². The molecule has 3 N–H and O–H groups in total. The van der Waals surface area contributed by atoms with E-state index in [0.717, 1.165) is 33.3 Å². The average molecular weight is 330 g/mol. The number of hydrogen-bond acceptors (Lipinski definition) is 4. The summed E-state index contributed by atoms with van der Waals surface area (Å²) in [5, 5.41) is 10.1. The first kappa shape index (κ1) is 14.5. The van der Waals surface area contributed by atoms with E-state index in [1.165, 1.54) is 11.3 Å². The number of imidazole rings is 1. The van der Waals surface area contributed by atoms with Gasteiger partial charge in [0.25, 0.3) is 0 Å². The molecule has 0 bridgehead atoms. The number of nitrogen functional groups attached to an aromatic ring is 1. The Morgan fingerprint density at radius 3 is 2.67 bits per heavy atom. The van der Waals surface area contributed by atoms with Gasteiger partial charge in [-0.1, -0.05) is 36.4 Å². The Hall–Kier alpha value is -3.10. The van der Waals surface area contributed by atoms with Crippen LogP contribution in [-0.4, -0.2) is 9.97 Å². The number of nitrogens with zero attached hydrogens (tertiary/aromatic N) is 2. The molecule has 5 heteroatoms. The SMILES string of the molecule is Cc1ccc2nc(-c3c(N)sc(C#N)c3-c3ccccc3)[nH]c2c1. The smallest absolute Gasteiger partial charge is 0.142 e. The molecule has 116 valence electrons. The number of nitriles is 1. The van der Waals surface area contributed by atoms with Crippen molar-refractivity contribution in [2.45, 2.75) is 6.92 Å². The number of aromatic amines is 1. The van der Waals surface area contributed by atoms with Crippen LogP contribution in [0.25, 0.3) is 33.5 Å². The molecule has 0 atom stereocenters. The van der Waals surface area contributed by atoms with Crippen LogP contribution in [0.1, 0.15) is 10.4 Å². The minimum atomic E-state index is 0.598. The van der Waals surface area contributed by atoms with E-state index in [9.17, 15) is 5.26 Å². The van der Waals surface area contributed by atoms with Gasteiger partial charge in [0.2, 0.25) is 0 Å². The van der Waals surface area contributed by atoms with Gasteiger partial charge in [-0.05, 0) is 30.2 Å². The first-order chi connectivity index (χ1) is 11.7. The average Bonchev–Trinajstić information content (AvgIpc) is 3.15. The first-order valence-electron chi connectivity index (χ1n) is 7.52. The maximum absolute atomic E-state index is 9.51. The number of anilines is 1. The fourth-order valence-electron chi connectivity index (χ4n) is 2.88. The molecule has 24 heavy (non-hydrogen) atoms. The zero-order chi connectivity index (χ0) is 16.7. The summed E-state index contributed by atoms with van der Waals surface area (Å²) in [7, 11) is 0. The summed E-state index contributed by atoms with van der Waals surface area (Å²) < 4.78 is 0. The maximum Gasteiger partial charge on any atom is 0.142 e. The Balaban J connectivity index is 2.00. The van der Waals surface area contributed by atoms with E-state index in [-0.39, 0.29) is 0 Å². The molecule has 0 unspecified atom stereocenters. The van der Waals surface area contributed by atoms with E-state index < -0.39 is 0 Å². The summed E-state index contributed by atoms with van der Waals surface area (Å²) in [5.74, 6) is 0.699. The van der Waals surface area contributed by atoms with Gasteiger partial charge < -0.3 is 10.7 Å². The fourth-order valence-corrected chi connectivity index (χ4v) is 3.77. The lowest BCUT2D eigenvalue weighted by molar-refractivity contribution is 1.34. The van der Waals surface area contributed by atoms with Crippen molar-refractivity contribution in [2.24, 2.45) is 0 Å². The molecule has 2 aromatic heterocycles. The van der Waals surface area contributed by atoms with Crippen molar-refractivity contribution in [1.29, 1.82) is 5.26 Å². The van der Waals surface area contributed by atoms with Crippen molar-refractivity contribution in [2.75, 3.05) is 5.73 Å². The number of thiophene rings is 1. The number of fused-ring (bicyclic) bond motifs is 1. The van der Waals surface area contributed by atoms with Gasteiger partial charge in [0.1, 0.15) is 16.8 Å². The standard InChI is InChI=1S/C19H14N4S/c1-11-7-8-13-14(9-11)23-19(22-13)17-16(12-5-3-2-4-6-12)15(10-20)24-18(17)21/h2-9H,21H2,1H3,(H,22,23). The lowest BCUT2D eigenvalue weighted by Gasteiger charge is -2.04. The Labute approximate surface area is 143 Å². The van der Waals surface area contributed by atoms with Gasteiger partial charge >= 0.3 is 0 Å². The molecule has 4 aromatic rings. The van der Waals surface area contributed by atoms with Crippen LogP contribution in [0, 0.1) is 18.3 Å². The molecular formula is C19H14N4S. The summed E-state index contributed by atoms with van der Waals surface area (Å²) in [6.07, 6.45) is 0. The summed E-state index contributed by atoms with van der Waals surface area (Å²) in [6, 6.07) is 18.2. The summed E-state index contributed by atoms with van der Waals surface area (Å²) in [4.78, 5) is 8.63. The number of H-pyrrole nitrogens is 1. The number of rotatable bonds is 2. The molecular weight excluding hydrogens is 316 g/mol. The number of aryl methyl sites for hydroxylation is 1. The van der Waals surface area contributed by atoms with E-state index >= 15 is 0 Å². The van der Waals surface area contributed by atoms with Crippen molar-refractivity contribution in [3.63, 3.8) is 0 Å². The van der Waals surface area contributed by atoms with Crippen LogP contribution in [0.2, 0.25) is 0 Å². The van der Waals surface area contributed by atoms with Gasteiger partial charge in [0.15, 0.2) is 0 Å². The number of nitrogens with two attached hydrogens (primary N) is 1. The molecule has 0 aliphatic rings. The van der Waals surface area contributed by atoms with Crippen LogP contribution in [0.5, 0.6) is 0 Å². The van der Waals surface area contributed by atoms with Crippen molar-refractivity contribution >= 4 is 27.4 Å². The van der Waals surface area contributed by atoms with E-state index in [0.29, 0.717) is 15.7 Å². The number of aromatic nitrogens is 2. The highest BCUT2D eigenvalue weighted by molar-refractivity contribution is 7.17. The molecule has 4 nitrogen and oxygen atoms in total. The Bertz CT molecular complexity index is 1080. The third-order valence-corrected chi connectivity index (χ3v) is 4.90. The molecule has 2 aromatic carbocycles. The van der Waals surface area contributed by atoms with Gasteiger partial charge in [0, 0.05) is 5.56 Å². The second-order valence-corrected chi connectivity index (χ2v) is 6.68. The van der Waals surface area contributed by atoms with E-state index in [4.69, 9.17) is 5.73 Å². The summed E-state index contributed by atoms with van der Waals surface area (Å²) >= 11 is 1.30.